The molecule has 0 spiro atoms. The molecule has 1 aromatic carbocycles. The lowest BCUT2D eigenvalue weighted by atomic mass is 10.1. The largest absolute Gasteiger partial charge is 0.369 e. The van der Waals surface area contributed by atoms with E-state index in [1.807, 2.05) is 17.9 Å². The van der Waals surface area contributed by atoms with Crippen molar-refractivity contribution in [1.82, 2.24) is 9.78 Å². The van der Waals surface area contributed by atoms with E-state index in [1.165, 1.54) is 11.1 Å². The summed E-state index contributed by atoms with van der Waals surface area (Å²) in [6.07, 6.45) is 1.91. The molecule has 2 aromatic rings. The van der Waals surface area contributed by atoms with Gasteiger partial charge in [-0.1, -0.05) is 17.7 Å². The van der Waals surface area contributed by atoms with Gasteiger partial charge in [0.05, 0.1) is 18.8 Å². The Balaban J connectivity index is 2.00. The highest BCUT2D eigenvalue weighted by Gasteiger charge is 2.31. The number of nitrogens with zero attached hydrogens (tertiary/aromatic N) is 4. The summed E-state index contributed by atoms with van der Waals surface area (Å²) in [6.45, 7) is 4.82. The summed E-state index contributed by atoms with van der Waals surface area (Å²) in [5.74, 6) is 0.571. The van der Waals surface area contributed by atoms with E-state index in [2.05, 4.69) is 53.1 Å². The van der Waals surface area contributed by atoms with Gasteiger partial charge in [0, 0.05) is 24.0 Å². The van der Waals surface area contributed by atoms with Crippen molar-refractivity contribution in [3.05, 3.63) is 47.3 Å². The van der Waals surface area contributed by atoms with Crippen LogP contribution in [0.3, 0.4) is 0 Å². The van der Waals surface area contributed by atoms with Gasteiger partial charge in [0.25, 0.3) is 0 Å². The lowest BCUT2D eigenvalue weighted by molar-refractivity contribution is 0.723. The number of aliphatic imine (C=N–C) groups is 1. The van der Waals surface area contributed by atoms with E-state index < -0.39 is 0 Å². The molecule has 2 heterocycles. The van der Waals surface area contributed by atoms with E-state index in [4.69, 9.17) is 5.73 Å². The zero-order valence-electron chi connectivity index (χ0n) is 12.0. The van der Waals surface area contributed by atoms with Gasteiger partial charge in [0.15, 0.2) is 5.96 Å². The molecule has 0 amide bonds. The Labute approximate surface area is 118 Å². The average molecular weight is 269 g/mol. The molecule has 5 heteroatoms. The first kappa shape index (κ1) is 12.7. The number of aromatic nitrogens is 2. The van der Waals surface area contributed by atoms with Crippen LogP contribution in [0.5, 0.6) is 0 Å². The first-order valence-electron chi connectivity index (χ1n) is 6.72. The molecule has 0 saturated carbocycles. The molecule has 1 aromatic heterocycles. The summed E-state index contributed by atoms with van der Waals surface area (Å²) in [5.41, 5.74) is 10.7. The number of aryl methyl sites for hydroxylation is 2. The molecular formula is C15H19N5. The van der Waals surface area contributed by atoms with E-state index in [0.717, 1.165) is 11.4 Å². The summed E-state index contributed by atoms with van der Waals surface area (Å²) in [6, 6.07) is 8.48. The molecule has 5 nitrogen and oxygen atoms in total. The third-order valence-electron chi connectivity index (χ3n) is 3.93. The molecule has 2 N–H and O–H groups in total. The Bertz CT molecular complexity index is 653. The van der Waals surface area contributed by atoms with E-state index in [9.17, 15) is 0 Å². The van der Waals surface area contributed by atoms with Crippen LogP contribution < -0.4 is 10.6 Å². The maximum Gasteiger partial charge on any atom is 0.196 e. The highest BCUT2D eigenvalue weighted by Crippen LogP contribution is 2.32. The third kappa shape index (κ3) is 1.95. The lowest BCUT2D eigenvalue weighted by Gasteiger charge is -2.26. The van der Waals surface area contributed by atoms with E-state index in [1.54, 1.807) is 0 Å². The zero-order valence-corrected chi connectivity index (χ0v) is 12.0. The minimum absolute atomic E-state index is 0.131. The molecule has 0 fully saturated rings. The van der Waals surface area contributed by atoms with Crippen molar-refractivity contribution in [2.24, 2.45) is 17.8 Å². The van der Waals surface area contributed by atoms with Gasteiger partial charge in [-0.2, -0.15) is 5.10 Å². The number of hydrogen-bond donors (Lipinski definition) is 1. The van der Waals surface area contributed by atoms with Crippen LogP contribution in [0, 0.1) is 13.8 Å². The van der Waals surface area contributed by atoms with Crippen LogP contribution in [-0.2, 0) is 7.05 Å². The van der Waals surface area contributed by atoms with Crippen LogP contribution in [0.1, 0.15) is 22.9 Å². The van der Waals surface area contributed by atoms with Gasteiger partial charge in [-0.15, -0.1) is 0 Å². The number of benzene rings is 1. The van der Waals surface area contributed by atoms with Crippen molar-refractivity contribution in [3.8, 4) is 0 Å². The minimum atomic E-state index is 0.131. The van der Waals surface area contributed by atoms with Gasteiger partial charge >= 0.3 is 0 Å². The third-order valence-corrected chi connectivity index (χ3v) is 3.93. The fraction of sp³-hybridized carbons (Fsp3) is 0.333. The summed E-state index contributed by atoms with van der Waals surface area (Å²) >= 11 is 0. The molecule has 0 bridgehead atoms. The topological polar surface area (TPSA) is 59.4 Å². The molecule has 1 unspecified atom stereocenters. The number of rotatable bonds is 2. The molecule has 1 atom stereocenters. The number of guanidine groups is 1. The Morgan fingerprint density at radius 2 is 1.90 bits per heavy atom. The predicted octanol–water partition coefficient (Wildman–Crippen LogP) is 1.91. The lowest BCUT2D eigenvalue weighted by Crippen LogP contribution is -2.36. The van der Waals surface area contributed by atoms with Gasteiger partial charge in [0.2, 0.25) is 0 Å². The van der Waals surface area contributed by atoms with E-state index in [0.29, 0.717) is 12.5 Å². The standard InChI is InChI=1S/C15H19N5/c1-10-4-6-12(7-5-10)20-14(9-17-15(20)16)13-8-18-19(3)11(13)2/h4-8,14H,9H2,1-3H3,(H2,16,17). The second kappa shape index (κ2) is 4.67. The summed E-state index contributed by atoms with van der Waals surface area (Å²) in [4.78, 5) is 6.49. The molecule has 0 radical (unpaired) electrons. The van der Waals surface area contributed by atoms with Crippen molar-refractivity contribution >= 4 is 11.6 Å². The monoisotopic (exact) mass is 269 g/mol. The van der Waals surface area contributed by atoms with Crippen molar-refractivity contribution in [2.75, 3.05) is 11.4 Å². The Morgan fingerprint density at radius 1 is 1.20 bits per heavy atom. The molecule has 0 saturated heterocycles. The quantitative estimate of drug-likeness (QED) is 0.906. The van der Waals surface area contributed by atoms with Crippen molar-refractivity contribution < 1.29 is 0 Å². The summed E-state index contributed by atoms with van der Waals surface area (Å²) < 4.78 is 1.89. The highest BCUT2D eigenvalue weighted by molar-refractivity contribution is 5.97. The maximum atomic E-state index is 6.08. The Hall–Kier alpha value is -2.30. The van der Waals surface area contributed by atoms with Gasteiger partial charge in [-0.25, -0.2) is 0 Å². The number of hydrogen-bond acceptors (Lipinski definition) is 4. The van der Waals surface area contributed by atoms with Gasteiger partial charge in [-0.3, -0.25) is 9.67 Å². The number of nitrogens with two attached hydrogens (primary N) is 1. The first-order chi connectivity index (χ1) is 9.58. The average Bonchev–Trinajstić information content (AvgIpc) is 2.96. The second-order valence-corrected chi connectivity index (χ2v) is 5.23. The summed E-state index contributed by atoms with van der Waals surface area (Å²) in [7, 11) is 1.95. The fourth-order valence-corrected chi connectivity index (χ4v) is 2.60. The second-order valence-electron chi connectivity index (χ2n) is 5.23. The van der Waals surface area contributed by atoms with Gasteiger partial charge in [0.1, 0.15) is 0 Å². The molecule has 104 valence electrons. The Morgan fingerprint density at radius 3 is 2.50 bits per heavy atom. The smallest absolute Gasteiger partial charge is 0.196 e. The summed E-state index contributed by atoms with van der Waals surface area (Å²) in [5, 5.41) is 4.33. The van der Waals surface area contributed by atoms with Gasteiger partial charge in [-0.05, 0) is 26.0 Å². The van der Waals surface area contributed by atoms with Crippen LogP contribution in [0.2, 0.25) is 0 Å². The van der Waals surface area contributed by atoms with E-state index in [-0.39, 0.29) is 6.04 Å². The first-order valence-corrected chi connectivity index (χ1v) is 6.72. The van der Waals surface area contributed by atoms with Crippen LogP contribution in [-0.4, -0.2) is 22.3 Å². The SMILES string of the molecule is Cc1ccc(N2C(N)=NCC2c2cnn(C)c2C)cc1. The maximum absolute atomic E-state index is 6.08. The molecule has 1 aliphatic heterocycles. The van der Waals surface area contributed by atoms with Crippen molar-refractivity contribution in [3.63, 3.8) is 0 Å². The molecule has 0 aliphatic carbocycles. The molecule has 1 aliphatic rings. The van der Waals surface area contributed by atoms with E-state index >= 15 is 0 Å². The van der Waals surface area contributed by atoms with Crippen LogP contribution in [0.15, 0.2) is 35.5 Å². The Kier molecular flexibility index (Phi) is 2.97. The normalized spacial score (nSPS) is 18.4. The highest BCUT2D eigenvalue weighted by atomic mass is 15.3. The molecule has 20 heavy (non-hydrogen) atoms. The van der Waals surface area contributed by atoms with Crippen LogP contribution in [0.4, 0.5) is 5.69 Å². The zero-order chi connectivity index (χ0) is 14.3. The molecular weight excluding hydrogens is 250 g/mol. The fourth-order valence-electron chi connectivity index (χ4n) is 2.60. The predicted molar refractivity (Wildman–Crippen MR) is 80.8 cm³/mol. The van der Waals surface area contributed by atoms with Gasteiger partial charge < -0.3 is 10.6 Å². The van der Waals surface area contributed by atoms with Crippen LogP contribution in [0.25, 0.3) is 0 Å². The van der Waals surface area contributed by atoms with Crippen molar-refractivity contribution in [1.29, 1.82) is 0 Å². The number of anilines is 1. The minimum Gasteiger partial charge on any atom is -0.369 e. The van der Waals surface area contributed by atoms with Crippen molar-refractivity contribution in [2.45, 2.75) is 19.9 Å². The molecule has 3 rings (SSSR count). The van der Waals surface area contributed by atoms with Crippen LogP contribution >= 0.6 is 0 Å².